The number of fused-ring (bicyclic) bond motifs is 1. The summed E-state index contributed by atoms with van der Waals surface area (Å²) < 4.78 is 0. The summed E-state index contributed by atoms with van der Waals surface area (Å²) in [5, 5.41) is 3.66. The molecule has 1 heterocycles. The van der Waals surface area contributed by atoms with Gasteiger partial charge in [0.1, 0.15) is 0 Å². The van der Waals surface area contributed by atoms with Gasteiger partial charge in [0.15, 0.2) is 0 Å². The lowest BCUT2D eigenvalue weighted by molar-refractivity contribution is 0.276. The Balaban J connectivity index is 1.80. The lowest BCUT2D eigenvalue weighted by atomic mass is 9.85. The van der Waals surface area contributed by atoms with Gasteiger partial charge in [-0.1, -0.05) is 27.7 Å². The van der Waals surface area contributed by atoms with E-state index < -0.39 is 0 Å². The van der Waals surface area contributed by atoms with Crippen LogP contribution in [0.4, 0.5) is 0 Å². The zero-order valence-corrected chi connectivity index (χ0v) is 13.1. The fourth-order valence-corrected chi connectivity index (χ4v) is 4.31. The third kappa shape index (κ3) is 3.36. The zero-order chi connectivity index (χ0) is 13.1. The van der Waals surface area contributed by atoms with Crippen molar-refractivity contribution in [2.24, 2.45) is 17.8 Å². The Bertz CT molecular complexity index is 349. The highest BCUT2D eigenvalue weighted by Crippen LogP contribution is 2.30. The minimum absolute atomic E-state index is 0.769. The van der Waals surface area contributed by atoms with Crippen molar-refractivity contribution >= 4 is 11.3 Å². The Morgan fingerprint density at radius 3 is 2.50 bits per heavy atom. The van der Waals surface area contributed by atoms with Gasteiger partial charge in [0.05, 0.1) is 0 Å². The van der Waals surface area contributed by atoms with Gasteiger partial charge in [0, 0.05) is 16.3 Å². The van der Waals surface area contributed by atoms with Crippen LogP contribution >= 0.6 is 11.3 Å². The maximum Gasteiger partial charge on any atom is 0.0300 e. The highest BCUT2D eigenvalue weighted by molar-refractivity contribution is 7.12. The minimum Gasteiger partial charge on any atom is -0.312 e. The van der Waals surface area contributed by atoms with Crippen molar-refractivity contribution in [2.75, 3.05) is 6.54 Å². The Hall–Kier alpha value is -0.340. The summed E-state index contributed by atoms with van der Waals surface area (Å²) in [7, 11) is 0. The largest absolute Gasteiger partial charge is 0.312 e. The van der Waals surface area contributed by atoms with Gasteiger partial charge in [-0.25, -0.2) is 0 Å². The topological polar surface area (TPSA) is 12.0 Å². The molecule has 0 bridgehead atoms. The zero-order valence-electron chi connectivity index (χ0n) is 12.3. The second kappa shape index (κ2) is 6.21. The van der Waals surface area contributed by atoms with Crippen LogP contribution in [0.2, 0.25) is 0 Å². The monoisotopic (exact) mass is 265 g/mol. The van der Waals surface area contributed by atoms with Crippen LogP contribution in [-0.2, 0) is 19.4 Å². The Labute approximate surface area is 116 Å². The van der Waals surface area contributed by atoms with E-state index in [-0.39, 0.29) is 0 Å². The van der Waals surface area contributed by atoms with Crippen LogP contribution in [0.5, 0.6) is 0 Å². The predicted molar refractivity (Wildman–Crippen MR) is 81.2 cm³/mol. The van der Waals surface area contributed by atoms with Gasteiger partial charge in [-0.05, 0) is 55.2 Å². The Morgan fingerprint density at radius 1 is 1.17 bits per heavy atom. The van der Waals surface area contributed by atoms with E-state index in [2.05, 4.69) is 39.1 Å². The standard InChI is InChI=1S/C16H27NS/c1-11(2)15(12(3)4)10-17-9-14-8-13-6-5-7-16(13)18-14/h8,11-12,15,17H,5-7,9-10H2,1-4H3. The number of nitrogens with one attached hydrogen (secondary N) is 1. The molecular formula is C16H27NS. The molecule has 0 saturated carbocycles. The van der Waals surface area contributed by atoms with E-state index >= 15 is 0 Å². The molecule has 0 unspecified atom stereocenters. The van der Waals surface area contributed by atoms with Crippen LogP contribution in [0.3, 0.4) is 0 Å². The van der Waals surface area contributed by atoms with Crippen LogP contribution in [-0.4, -0.2) is 6.54 Å². The molecule has 1 aliphatic rings. The quantitative estimate of drug-likeness (QED) is 0.810. The van der Waals surface area contributed by atoms with Gasteiger partial charge in [-0.3, -0.25) is 0 Å². The normalized spacial score (nSPS) is 15.1. The number of aryl methyl sites for hydroxylation is 2. The van der Waals surface area contributed by atoms with Crippen molar-refractivity contribution in [3.63, 3.8) is 0 Å². The molecule has 2 rings (SSSR count). The van der Waals surface area contributed by atoms with E-state index in [1.54, 1.807) is 10.4 Å². The average molecular weight is 265 g/mol. The molecule has 102 valence electrons. The molecule has 1 nitrogen and oxygen atoms in total. The summed E-state index contributed by atoms with van der Waals surface area (Å²) in [6.45, 7) is 11.6. The molecule has 0 spiro atoms. The van der Waals surface area contributed by atoms with Gasteiger partial charge in [0.25, 0.3) is 0 Å². The maximum absolute atomic E-state index is 3.66. The molecule has 0 fully saturated rings. The highest BCUT2D eigenvalue weighted by atomic mass is 32.1. The molecule has 0 radical (unpaired) electrons. The highest BCUT2D eigenvalue weighted by Gasteiger charge is 2.18. The predicted octanol–water partition coefficient (Wildman–Crippen LogP) is 4.25. The molecule has 0 saturated heterocycles. The number of hydrogen-bond acceptors (Lipinski definition) is 2. The summed E-state index contributed by atoms with van der Waals surface area (Å²) >= 11 is 2.03. The SMILES string of the molecule is CC(C)C(CNCc1cc2c(s1)CCC2)C(C)C. The van der Waals surface area contributed by atoms with Gasteiger partial charge in [-0.2, -0.15) is 0 Å². The first kappa shape index (κ1) is 14.1. The molecule has 1 N–H and O–H groups in total. The number of hydrogen-bond donors (Lipinski definition) is 1. The van der Waals surface area contributed by atoms with Crippen LogP contribution in [0.15, 0.2) is 6.07 Å². The summed E-state index contributed by atoms with van der Waals surface area (Å²) in [6, 6.07) is 2.43. The molecular weight excluding hydrogens is 238 g/mol. The molecule has 0 atom stereocenters. The summed E-state index contributed by atoms with van der Waals surface area (Å²) in [5.41, 5.74) is 1.63. The van der Waals surface area contributed by atoms with E-state index in [1.807, 2.05) is 11.3 Å². The molecule has 0 aromatic carbocycles. The van der Waals surface area contributed by atoms with Gasteiger partial charge in [-0.15, -0.1) is 11.3 Å². The van der Waals surface area contributed by atoms with Crippen molar-refractivity contribution in [3.8, 4) is 0 Å². The van der Waals surface area contributed by atoms with Crippen LogP contribution in [0, 0.1) is 17.8 Å². The third-order valence-electron chi connectivity index (χ3n) is 4.19. The second-order valence-electron chi connectivity index (χ2n) is 6.30. The van der Waals surface area contributed by atoms with E-state index in [1.165, 1.54) is 24.1 Å². The Kier molecular flexibility index (Phi) is 4.85. The Morgan fingerprint density at radius 2 is 1.89 bits per heavy atom. The van der Waals surface area contributed by atoms with Crippen molar-refractivity contribution in [1.82, 2.24) is 5.32 Å². The molecule has 0 aliphatic heterocycles. The molecule has 1 aliphatic carbocycles. The van der Waals surface area contributed by atoms with E-state index in [9.17, 15) is 0 Å². The maximum atomic E-state index is 3.66. The van der Waals surface area contributed by atoms with Crippen LogP contribution in [0.25, 0.3) is 0 Å². The molecule has 0 amide bonds. The average Bonchev–Trinajstić information content (AvgIpc) is 2.82. The van der Waals surface area contributed by atoms with Gasteiger partial charge >= 0.3 is 0 Å². The van der Waals surface area contributed by atoms with Crippen molar-refractivity contribution in [3.05, 3.63) is 21.4 Å². The van der Waals surface area contributed by atoms with Gasteiger partial charge < -0.3 is 5.32 Å². The number of rotatable bonds is 6. The smallest absolute Gasteiger partial charge is 0.0300 e. The first-order valence-electron chi connectivity index (χ1n) is 7.39. The molecule has 1 aromatic heterocycles. The first-order valence-corrected chi connectivity index (χ1v) is 8.20. The van der Waals surface area contributed by atoms with E-state index in [0.717, 1.165) is 30.8 Å². The lowest BCUT2D eigenvalue weighted by Gasteiger charge is -2.25. The lowest BCUT2D eigenvalue weighted by Crippen LogP contribution is -2.29. The van der Waals surface area contributed by atoms with Crippen molar-refractivity contribution in [1.29, 1.82) is 0 Å². The fraction of sp³-hybridized carbons (Fsp3) is 0.750. The van der Waals surface area contributed by atoms with Crippen molar-refractivity contribution < 1.29 is 0 Å². The fourth-order valence-electron chi connectivity index (χ4n) is 3.08. The minimum atomic E-state index is 0.769. The van der Waals surface area contributed by atoms with E-state index in [0.29, 0.717) is 0 Å². The summed E-state index contributed by atoms with van der Waals surface area (Å²) in [5.74, 6) is 2.33. The van der Waals surface area contributed by atoms with E-state index in [4.69, 9.17) is 0 Å². The first-order chi connectivity index (χ1) is 8.58. The third-order valence-corrected chi connectivity index (χ3v) is 5.43. The van der Waals surface area contributed by atoms with Gasteiger partial charge in [0.2, 0.25) is 0 Å². The number of thiophene rings is 1. The van der Waals surface area contributed by atoms with Crippen molar-refractivity contribution in [2.45, 2.75) is 53.5 Å². The molecule has 18 heavy (non-hydrogen) atoms. The molecule has 1 aromatic rings. The second-order valence-corrected chi connectivity index (χ2v) is 7.52. The van der Waals surface area contributed by atoms with Crippen LogP contribution in [0.1, 0.15) is 49.4 Å². The summed E-state index contributed by atoms with van der Waals surface area (Å²) in [4.78, 5) is 3.18. The van der Waals surface area contributed by atoms with Crippen LogP contribution < -0.4 is 5.32 Å². The summed E-state index contributed by atoms with van der Waals surface area (Å²) in [6.07, 6.45) is 4.00. The molecule has 2 heteroatoms.